The first-order valence-electron chi connectivity index (χ1n) is 7.79. The molecule has 2 fully saturated rings. The highest BCUT2D eigenvalue weighted by molar-refractivity contribution is 5.84. The molecule has 2 heterocycles. The van der Waals surface area contributed by atoms with E-state index in [9.17, 15) is 4.79 Å². The standard InChI is InChI=1S/C15H28N2O2/c1-4-6-14-16-13(9-11(2)3)15(18)17(14)12-7-5-8-19-10-12/h11-14,16H,4-10H2,1-3H3. The minimum absolute atomic E-state index is 0.0125. The molecule has 4 nitrogen and oxygen atoms in total. The number of nitrogens with one attached hydrogen (secondary N) is 1. The molecule has 1 amide bonds. The average Bonchev–Trinajstić information content (AvgIpc) is 2.67. The summed E-state index contributed by atoms with van der Waals surface area (Å²) in [5, 5.41) is 3.54. The maximum Gasteiger partial charge on any atom is 0.241 e. The molecular formula is C15H28N2O2. The molecular weight excluding hydrogens is 240 g/mol. The van der Waals surface area contributed by atoms with Gasteiger partial charge in [0.25, 0.3) is 0 Å². The van der Waals surface area contributed by atoms with E-state index in [1.54, 1.807) is 0 Å². The lowest BCUT2D eigenvalue weighted by Gasteiger charge is -2.35. The highest BCUT2D eigenvalue weighted by Gasteiger charge is 2.42. The van der Waals surface area contributed by atoms with Gasteiger partial charge >= 0.3 is 0 Å². The van der Waals surface area contributed by atoms with E-state index in [4.69, 9.17) is 4.74 Å². The number of hydrogen-bond acceptors (Lipinski definition) is 3. The lowest BCUT2D eigenvalue weighted by atomic mass is 10.0. The van der Waals surface area contributed by atoms with E-state index >= 15 is 0 Å². The zero-order valence-electron chi connectivity index (χ0n) is 12.5. The Morgan fingerprint density at radius 2 is 2.26 bits per heavy atom. The molecule has 0 aromatic heterocycles. The van der Waals surface area contributed by atoms with E-state index in [1.165, 1.54) is 0 Å². The van der Waals surface area contributed by atoms with Crippen molar-refractivity contribution in [3.8, 4) is 0 Å². The number of ether oxygens (including phenoxy) is 1. The third-order valence-corrected chi connectivity index (χ3v) is 4.08. The first-order valence-corrected chi connectivity index (χ1v) is 7.79. The summed E-state index contributed by atoms with van der Waals surface area (Å²) in [7, 11) is 0. The van der Waals surface area contributed by atoms with Crippen molar-refractivity contribution < 1.29 is 9.53 Å². The second-order valence-electron chi connectivity index (χ2n) is 6.27. The van der Waals surface area contributed by atoms with Crippen LogP contribution in [0.25, 0.3) is 0 Å². The second-order valence-corrected chi connectivity index (χ2v) is 6.27. The van der Waals surface area contributed by atoms with Gasteiger partial charge in [-0.25, -0.2) is 0 Å². The third-order valence-electron chi connectivity index (χ3n) is 4.08. The number of hydrogen-bond donors (Lipinski definition) is 1. The molecule has 0 saturated carbocycles. The highest BCUT2D eigenvalue weighted by atomic mass is 16.5. The van der Waals surface area contributed by atoms with Crippen molar-refractivity contribution in [3.63, 3.8) is 0 Å². The van der Waals surface area contributed by atoms with E-state index in [0.717, 1.165) is 38.7 Å². The van der Waals surface area contributed by atoms with E-state index in [-0.39, 0.29) is 18.2 Å². The Hall–Kier alpha value is -0.610. The Morgan fingerprint density at radius 3 is 2.84 bits per heavy atom. The molecule has 19 heavy (non-hydrogen) atoms. The smallest absolute Gasteiger partial charge is 0.241 e. The number of carbonyl (C=O) groups is 1. The molecule has 2 rings (SSSR count). The summed E-state index contributed by atoms with van der Waals surface area (Å²) in [6.07, 6.45) is 5.45. The van der Waals surface area contributed by atoms with E-state index in [2.05, 4.69) is 31.0 Å². The van der Waals surface area contributed by atoms with Gasteiger partial charge in [-0.05, 0) is 31.6 Å². The summed E-state index contributed by atoms with van der Waals surface area (Å²) in [4.78, 5) is 14.7. The van der Waals surface area contributed by atoms with Crippen LogP contribution in [0, 0.1) is 5.92 Å². The van der Waals surface area contributed by atoms with E-state index in [1.807, 2.05) is 0 Å². The molecule has 4 heteroatoms. The lowest BCUT2D eigenvalue weighted by Crippen LogP contribution is -2.48. The largest absolute Gasteiger partial charge is 0.379 e. The van der Waals surface area contributed by atoms with Crippen molar-refractivity contribution in [1.29, 1.82) is 0 Å². The predicted molar refractivity (Wildman–Crippen MR) is 75.8 cm³/mol. The zero-order valence-corrected chi connectivity index (χ0v) is 12.5. The number of nitrogens with zero attached hydrogens (tertiary/aromatic N) is 1. The predicted octanol–water partition coefficient (Wildman–Crippen LogP) is 2.14. The first kappa shape index (κ1) is 14.8. The highest BCUT2D eigenvalue weighted by Crippen LogP contribution is 2.25. The van der Waals surface area contributed by atoms with Gasteiger partial charge in [0.05, 0.1) is 24.9 Å². The molecule has 3 unspecified atom stereocenters. The zero-order chi connectivity index (χ0) is 13.8. The van der Waals surface area contributed by atoms with Crippen LogP contribution in [0.5, 0.6) is 0 Å². The molecule has 110 valence electrons. The van der Waals surface area contributed by atoms with Gasteiger partial charge in [-0.3, -0.25) is 10.1 Å². The van der Waals surface area contributed by atoms with Crippen molar-refractivity contribution in [2.45, 2.75) is 71.1 Å². The molecule has 1 N–H and O–H groups in total. The molecule has 0 bridgehead atoms. The van der Waals surface area contributed by atoms with Crippen LogP contribution in [0.4, 0.5) is 0 Å². The Bertz CT molecular complexity index is 301. The van der Waals surface area contributed by atoms with Crippen LogP contribution in [0.2, 0.25) is 0 Å². The van der Waals surface area contributed by atoms with Crippen molar-refractivity contribution in [3.05, 3.63) is 0 Å². The number of carbonyl (C=O) groups excluding carboxylic acids is 1. The van der Waals surface area contributed by atoms with E-state index in [0.29, 0.717) is 18.4 Å². The second kappa shape index (κ2) is 6.71. The van der Waals surface area contributed by atoms with Gasteiger partial charge < -0.3 is 9.64 Å². The quantitative estimate of drug-likeness (QED) is 0.830. The monoisotopic (exact) mass is 268 g/mol. The average molecular weight is 268 g/mol. The molecule has 2 aliphatic heterocycles. The van der Waals surface area contributed by atoms with Gasteiger partial charge in [0.2, 0.25) is 5.91 Å². The van der Waals surface area contributed by atoms with Gasteiger partial charge in [-0.1, -0.05) is 27.2 Å². The minimum atomic E-state index is 0.0125. The maximum absolute atomic E-state index is 12.6. The van der Waals surface area contributed by atoms with Gasteiger partial charge in [-0.2, -0.15) is 0 Å². The van der Waals surface area contributed by atoms with Crippen LogP contribution in [0.1, 0.15) is 52.9 Å². The number of rotatable bonds is 5. The molecule has 0 aromatic carbocycles. The fraction of sp³-hybridized carbons (Fsp3) is 0.933. The fourth-order valence-corrected chi connectivity index (χ4v) is 3.23. The summed E-state index contributed by atoms with van der Waals surface area (Å²) in [6.45, 7) is 8.09. The van der Waals surface area contributed by atoms with Crippen LogP contribution in [-0.4, -0.2) is 42.3 Å². The van der Waals surface area contributed by atoms with Gasteiger partial charge in [0.15, 0.2) is 0 Å². The summed E-state index contributed by atoms with van der Waals surface area (Å²) in [6, 6.07) is 0.293. The molecule has 0 spiro atoms. The Balaban J connectivity index is 2.05. The van der Waals surface area contributed by atoms with Crippen molar-refractivity contribution in [1.82, 2.24) is 10.2 Å². The lowest BCUT2D eigenvalue weighted by molar-refractivity contribution is -0.135. The van der Waals surface area contributed by atoms with Crippen LogP contribution in [-0.2, 0) is 9.53 Å². The summed E-state index contributed by atoms with van der Waals surface area (Å²) in [5.41, 5.74) is 0. The SMILES string of the molecule is CCCC1NC(CC(C)C)C(=O)N1C1CCCOC1. The topological polar surface area (TPSA) is 41.6 Å². The Kier molecular flexibility index (Phi) is 5.22. The minimum Gasteiger partial charge on any atom is -0.379 e. The Labute approximate surface area is 116 Å². The molecule has 0 aromatic rings. The third kappa shape index (κ3) is 3.48. The molecule has 2 saturated heterocycles. The summed E-state index contributed by atoms with van der Waals surface area (Å²) < 4.78 is 5.56. The summed E-state index contributed by atoms with van der Waals surface area (Å²) >= 11 is 0. The van der Waals surface area contributed by atoms with Crippen molar-refractivity contribution in [2.24, 2.45) is 5.92 Å². The van der Waals surface area contributed by atoms with Crippen molar-refractivity contribution >= 4 is 5.91 Å². The number of amides is 1. The summed E-state index contributed by atoms with van der Waals surface area (Å²) in [5.74, 6) is 0.842. The van der Waals surface area contributed by atoms with Crippen LogP contribution in [0.15, 0.2) is 0 Å². The molecule has 2 aliphatic rings. The Morgan fingerprint density at radius 1 is 1.47 bits per heavy atom. The van der Waals surface area contributed by atoms with Crippen LogP contribution >= 0.6 is 0 Å². The van der Waals surface area contributed by atoms with Crippen LogP contribution in [0.3, 0.4) is 0 Å². The molecule has 0 aliphatic carbocycles. The van der Waals surface area contributed by atoms with Crippen LogP contribution < -0.4 is 5.32 Å². The first-order chi connectivity index (χ1) is 9.13. The van der Waals surface area contributed by atoms with E-state index < -0.39 is 0 Å². The fourth-order valence-electron chi connectivity index (χ4n) is 3.23. The van der Waals surface area contributed by atoms with Gasteiger partial charge in [-0.15, -0.1) is 0 Å². The van der Waals surface area contributed by atoms with Crippen molar-refractivity contribution in [2.75, 3.05) is 13.2 Å². The van der Waals surface area contributed by atoms with Gasteiger partial charge in [0, 0.05) is 6.61 Å². The maximum atomic E-state index is 12.6. The van der Waals surface area contributed by atoms with Gasteiger partial charge in [0.1, 0.15) is 0 Å². The molecule has 0 radical (unpaired) electrons. The molecule has 3 atom stereocenters. The normalized spacial score (nSPS) is 32.3.